The highest BCUT2D eigenvalue weighted by molar-refractivity contribution is 6.00. The molecule has 2 atom stereocenters. The number of methoxy groups -OCH3 is 1. The third-order valence-electron chi connectivity index (χ3n) is 6.24. The molecule has 2 saturated heterocycles. The van der Waals surface area contributed by atoms with Crippen molar-refractivity contribution in [1.82, 2.24) is 10.2 Å². The van der Waals surface area contributed by atoms with Crippen molar-refractivity contribution in [2.24, 2.45) is 11.8 Å². The Balaban J connectivity index is 1.42. The molecule has 0 saturated carbocycles. The smallest absolute Gasteiger partial charge is 0.224 e. The van der Waals surface area contributed by atoms with Gasteiger partial charge >= 0.3 is 0 Å². The SMILES string of the molecule is COc1ccc(CN2C[C@@H]3CNC(=O)[C@@H]3C2)cc1-c1ccc2c(c1)OCCC2=O. The van der Waals surface area contributed by atoms with Gasteiger partial charge in [-0.2, -0.15) is 0 Å². The third-order valence-corrected chi connectivity index (χ3v) is 6.24. The van der Waals surface area contributed by atoms with Crippen LogP contribution in [0.3, 0.4) is 0 Å². The van der Waals surface area contributed by atoms with Crippen molar-refractivity contribution in [2.45, 2.75) is 13.0 Å². The minimum atomic E-state index is 0.127. The van der Waals surface area contributed by atoms with Gasteiger partial charge in [0, 0.05) is 44.1 Å². The van der Waals surface area contributed by atoms with Gasteiger partial charge in [0.25, 0.3) is 0 Å². The van der Waals surface area contributed by atoms with E-state index in [1.54, 1.807) is 7.11 Å². The van der Waals surface area contributed by atoms with Crippen LogP contribution in [0.2, 0.25) is 0 Å². The van der Waals surface area contributed by atoms with E-state index in [0.717, 1.165) is 43.1 Å². The van der Waals surface area contributed by atoms with Crippen LogP contribution in [0.5, 0.6) is 11.5 Å². The van der Waals surface area contributed by atoms with Crippen LogP contribution in [-0.2, 0) is 11.3 Å². The van der Waals surface area contributed by atoms with Crippen LogP contribution in [0.1, 0.15) is 22.3 Å². The van der Waals surface area contributed by atoms with Gasteiger partial charge in [0.2, 0.25) is 5.91 Å². The summed E-state index contributed by atoms with van der Waals surface area (Å²) in [5.74, 6) is 2.30. The summed E-state index contributed by atoms with van der Waals surface area (Å²) in [5, 5.41) is 2.96. The first-order chi connectivity index (χ1) is 14.1. The Hall–Kier alpha value is -2.86. The molecule has 0 aliphatic carbocycles. The van der Waals surface area contributed by atoms with Gasteiger partial charge in [-0.25, -0.2) is 0 Å². The number of carbonyl (C=O) groups excluding carboxylic acids is 2. The number of rotatable bonds is 4. The van der Waals surface area contributed by atoms with Gasteiger partial charge in [0.1, 0.15) is 11.5 Å². The Labute approximate surface area is 169 Å². The predicted molar refractivity (Wildman–Crippen MR) is 108 cm³/mol. The van der Waals surface area contributed by atoms with Crippen LogP contribution in [-0.4, -0.2) is 49.9 Å². The van der Waals surface area contributed by atoms with Crippen LogP contribution < -0.4 is 14.8 Å². The van der Waals surface area contributed by atoms with Crippen molar-refractivity contribution in [2.75, 3.05) is 33.4 Å². The number of Topliss-reactive ketones (excluding diaryl/α,β-unsaturated/α-hetero) is 1. The van der Waals surface area contributed by atoms with E-state index in [2.05, 4.69) is 22.3 Å². The molecule has 29 heavy (non-hydrogen) atoms. The fraction of sp³-hybridized carbons (Fsp3) is 0.391. The Morgan fingerprint density at radius 1 is 1.14 bits per heavy atom. The summed E-state index contributed by atoms with van der Waals surface area (Å²) in [4.78, 5) is 26.4. The summed E-state index contributed by atoms with van der Waals surface area (Å²) in [5.41, 5.74) is 3.77. The average molecular weight is 392 g/mol. The first-order valence-electron chi connectivity index (χ1n) is 10.1. The summed E-state index contributed by atoms with van der Waals surface area (Å²) >= 11 is 0. The largest absolute Gasteiger partial charge is 0.496 e. The number of benzene rings is 2. The normalized spacial score (nSPS) is 23.3. The lowest BCUT2D eigenvalue weighted by atomic mass is 9.97. The quantitative estimate of drug-likeness (QED) is 0.866. The van der Waals surface area contributed by atoms with Crippen molar-refractivity contribution in [1.29, 1.82) is 0 Å². The summed E-state index contributed by atoms with van der Waals surface area (Å²) in [6.45, 7) is 3.78. The fourth-order valence-electron chi connectivity index (χ4n) is 4.72. The van der Waals surface area contributed by atoms with E-state index in [0.29, 0.717) is 30.3 Å². The molecule has 1 amide bonds. The number of hydrogen-bond acceptors (Lipinski definition) is 5. The summed E-state index contributed by atoms with van der Waals surface area (Å²) in [6, 6.07) is 11.9. The third kappa shape index (κ3) is 3.27. The molecule has 5 rings (SSSR count). The van der Waals surface area contributed by atoms with E-state index in [4.69, 9.17) is 9.47 Å². The van der Waals surface area contributed by atoms with Crippen LogP contribution in [0.25, 0.3) is 11.1 Å². The molecule has 3 heterocycles. The molecule has 0 unspecified atom stereocenters. The second kappa shape index (κ2) is 7.19. The van der Waals surface area contributed by atoms with E-state index >= 15 is 0 Å². The van der Waals surface area contributed by atoms with Gasteiger partial charge in [0.05, 0.1) is 25.2 Å². The maximum absolute atomic E-state index is 12.1. The molecular weight excluding hydrogens is 368 g/mol. The Morgan fingerprint density at radius 2 is 2.03 bits per heavy atom. The number of carbonyl (C=O) groups is 2. The summed E-state index contributed by atoms with van der Waals surface area (Å²) < 4.78 is 11.3. The van der Waals surface area contributed by atoms with Gasteiger partial charge in [-0.15, -0.1) is 0 Å². The highest BCUT2D eigenvalue weighted by Gasteiger charge is 2.41. The molecule has 3 aliphatic rings. The Kier molecular flexibility index (Phi) is 4.51. The minimum Gasteiger partial charge on any atom is -0.496 e. The minimum absolute atomic E-state index is 0.127. The Morgan fingerprint density at radius 3 is 2.86 bits per heavy atom. The van der Waals surface area contributed by atoms with Gasteiger partial charge in [0.15, 0.2) is 5.78 Å². The molecule has 2 aromatic carbocycles. The van der Waals surface area contributed by atoms with E-state index < -0.39 is 0 Å². The van der Waals surface area contributed by atoms with Crippen LogP contribution in [0.4, 0.5) is 0 Å². The van der Waals surface area contributed by atoms with E-state index in [1.807, 2.05) is 24.3 Å². The fourth-order valence-corrected chi connectivity index (χ4v) is 4.72. The maximum atomic E-state index is 12.1. The first-order valence-corrected chi connectivity index (χ1v) is 10.1. The molecule has 0 radical (unpaired) electrons. The number of nitrogens with one attached hydrogen (secondary N) is 1. The molecule has 2 aromatic rings. The maximum Gasteiger partial charge on any atom is 0.224 e. The van der Waals surface area contributed by atoms with Crippen LogP contribution in [0.15, 0.2) is 36.4 Å². The van der Waals surface area contributed by atoms with E-state index in [1.165, 1.54) is 5.56 Å². The van der Waals surface area contributed by atoms with E-state index in [-0.39, 0.29) is 17.6 Å². The lowest BCUT2D eigenvalue weighted by molar-refractivity contribution is -0.122. The standard InChI is InChI=1S/C23H24N2O4/c1-28-21-5-2-14(11-25-12-16-10-24-23(27)19(16)13-25)8-18(21)15-3-4-17-20(26)6-7-29-22(17)9-15/h2-5,8-9,16,19H,6-7,10-13H2,1H3,(H,24,27)/t16-,19+/m0/s1. The predicted octanol–water partition coefficient (Wildman–Crippen LogP) is 2.51. The van der Waals surface area contributed by atoms with Crippen molar-refractivity contribution < 1.29 is 19.1 Å². The van der Waals surface area contributed by atoms with Gasteiger partial charge in [-0.3, -0.25) is 14.5 Å². The molecule has 150 valence electrons. The first kappa shape index (κ1) is 18.2. The summed E-state index contributed by atoms with van der Waals surface area (Å²) in [6.07, 6.45) is 0.432. The number of fused-ring (bicyclic) bond motifs is 2. The van der Waals surface area contributed by atoms with Gasteiger partial charge in [-0.05, 0) is 35.4 Å². The molecule has 6 nitrogen and oxygen atoms in total. The zero-order valence-corrected chi connectivity index (χ0v) is 16.4. The number of nitrogens with zero attached hydrogens (tertiary/aromatic N) is 1. The molecular formula is C23H24N2O4. The number of likely N-dealkylation sites (tertiary alicyclic amines) is 1. The topological polar surface area (TPSA) is 67.9 Å². The molecule has 1 N–H and O–H groups in total. The van der Waals surface area contributed by atoms with E-state index in [9.17, 15) is 9.59 Å². The molecule has 0 spiro atoms. The lowest BCUT2D eigenvalue weighted by Gasteiger charge is -2.20. The highest BCUT2D eigenvalue weighted by Crippen LogP contribution is 2.36. The molecule has 3 aliphatic heterocycles. The molecule has 0 bridgehead atoms. The number of amides is 1. The molecule has 2 fully saturated rings. The van der Waals surface area contributed by atoms with Crippen molar-refractivity contribution in [3.63, 3.8) is 0 Å². The average Bonchev–Trinajstić information content (AvgIpc) is 3.29. The molecule has 0 aromatic heterocycles. The zero-order chi connectivity index (χ0) is 20.0. The lowest BCUT2D eigenvalue weighted by Crippen LogP contribution is -2.28. The van der Waals surface area contributed by atoms with Crippen molar-refractivity contribution in [3.05, 3.63) is 47.5 Å². The highest BCUT2D eigenvalue weighted by atomic mass is 16.5. The second-order valence-electron chi connectivity index (χ2n) is 8.07. The number of hydrogen-bond donors (Lipinski definition) is 1. The second-order valence-corrected chi connectivity index (χ2v) is 8.07. The van der Waals surface area contributed by atoms with Gasteiger partial charge < -0.3 is 14.8 Å². The molecule has 6 heteroatoms. The number of ketones is 1. The summed E-state index contributed by atoms with van der Waals surface area (Å²) in [7, 11) is 1.66. The van der Waals surface area contributed by atoms with Crippen molar-refractivity contribution in [3.8, 4) is 22.6 Å². The zero-order valence-electron chi connectivity index (χ0n) is 16.4. The number of ether oxygens (including phenoxy) is 2. The van der Waals surface area contributed by atoms with Crippen LogP contribution >= 0.6 is 0 Å². The van der Waals surface area contributed by atoms with Gasteiger partial charge in [-0.1, -0.05) is 12.1 Å². The Bertz CT molecular complexity index is 987. The van der Waals surface area contributed by atoms with Crippen molar-refractivity contribution >= 4 is 11.7 Å². The monoisotopic (exact) mass is 392 g/mol. The van der Waals surface area contributed by atoms with Crippen LogP contribution in [0, 0.1) is 11.8 Å².